The lowest BCUT2D eigenvalue weighted by Gasteiger charge is -2.35. The molecule has 0 radical (unpaired) electrons. The van der Waals surface area contributed by atoms with Gasteiger partial charge in [-0.25, -0.2) is 27.0 Å². The Bertz CT molecular complexity index is 2180. The number of methoxy groups -OCH3 is 2. The van der Waals surface area contributed by atoms with Gasteiger partial charge in [-0.2, -0.15) is 0 Å². The number of ether oxygens (including phenoxy) is 5. The summed E-state index contributed by atoms with van der Waals surface area (Å²) in [5.74, 6) is -5.73. The van der Waals surface area contributed by atoms with Crippen molar-refractivity contribution < 1.29 is 60.1 Å². The third kappa shape index (κ3) is 9.87. The average molecular weight is 892 g/mol. The number of aromatic nitrogens is 1. The number of alkyl halides is 2. The van der Waals surface area contributed by atoms with Crippen LogP contribution in [0.1, 0.15) is 86.5 Å². The van der Waals surface area contributed by atoms with E-state index >= 15 is 0 Å². The zero-order valence-corrected chi connectivity index (χ0v) is 37.4. The first-order valence-corrected chi connectivity index (χ1v) is 22.5. The monoisotopic (exact) mass is 891 g/mol. The number of carbonyl (C=O) groups excluding carboxylic acids is 4. The summed E-state index contributed by atoms with van der Waals surface area (Å²) >= 11 is 0. The van der Waals surface area contributed by atoms with E-state index in [1.54, 1.807) is 39.2 Å². The molecule has 2 aromatic rings. The molecule has 1 aromatic carbocycles. The van der Waals surface area contributed by atoms with Gasteiger partial charge in [-0.3, -0.25) is 19.1 Å². The van der Waals surface area contributed by atoms with Crippen molar-refractivity contribution in [2.45, 2.75) is 126 Å². The Labute approximate surface area is 361 Å². The van der Waals surface area contributed by atoms with Crippen LogP contribution in [-0.4, -0.2) is 116 Å². The highest BCUT2D eigenvalue weighted by Gasteiger charge is 2.63. The summed E-state index contributed by atoms with van der Waals surface area (Å²) in [6, 6.07) is 2.57. The predicted molar refractivity (Wildman–Crippen MR) is 223 cm³/mol. The number of carbonyl (C=O) groups is 4. The van der Waals surface area contributed by atoms with Gasteiger partial charge in [0.05, 0.1) is 31.2 Å². The Balaban J connectivity index is 1.36. The van der Waals surface area contributed by atoms with Gasteiger partial charge in [-0.05, 0) is 89.3 Å². The lowest BCUT2D eigenvalue weighted by Crippen LogP contribution is -2.59. The van der Waals surface area contributed by atoms with E-state index in [4.69, 9.17) is 23.7 Å². The van der Waals surface area contributed by atoms with Crippen molar-refractivity contribution in [2.75, 3.05) is 34.0 Å². The van der Waals surface area contributed by atoms with Crippen LogP contribution < -0.4 is 29.6 Å². The van der Waals surface area contributed by atoms with E-state index in [-0.39, 0.29) is 37.8 Å². The molecule has 19 heteroatoms. The number of nitrogens with zero attached hydrogens (tertiary/aromatic N) is 2. The fourth-order valence-corrected chi connectivity index (χ4v) is 9.29. The molecule has 62 heavy (non-hydrogen) atoms. The maximum absolute atomic E-state index is 14.9. The number of amides is 4. The van der Waals surface area contributed by atoms with E-state index in [2.05, 4.69) is 20.3 Å². The quantitative estimate of drug-likeness (QED) is 0.179. The number of sulfonamides is 1. The van der Waals surface area contributed by atoms with Gasteiger partial charge in [0.25, 0.3) is 11.8 Å². The molecule has 4 amide bonds. The van der Waals surface area contributed by atoms with Crippen molar-refractivity contribution in [3.05, 3.63) is 36.5 Å². The molecule has 4 aliphatic rings. The van der Waals surface area contributed by atoms with E-state index in [1.165, 1.54) is 18.2 Å². The fraction of sp³-hybridized carbons (Fsp3) is 0.651. The average Bonchev–Trinajstić information content (AvgIpc) is 4.08. The first-order valence-electron chi connectivity index (χ1n) is 21.0. The van der Waals surface area contributed by atoms with Crippen molar-refractivity contribution in [3.63, 3.8) is 0 Å². The van der Waals surface area contributed by atoms with Crippen LogP contribution in [0.15, 0.2) is 36.5 Å². The number of rotatable bonds is 13. The van der Waals surface area contributed by atoms with Crippen molar-refractivity contribution >= 4 is 44.6 Å². The molecule has 7 atom stereocenters. The number of alkyl carbamates (subject to hydrolysis) is 1. The van der Waals surface area contributed by atoms with E-state index in [0.29, 0.717) is 67.9 Å². The minimum atomic E-state index is -4.08. The molecule has 3 N–H and O–H groups in total. The SMILES string of the molecule is COCCOc1cnc(OC2CC3C(=O)NC4(C(=O)NS(=O)(=O)C5(C)CC5)CC4C=CCCC(C)CC(C)C(NC(=O)OC(C)(C)C(C)(F)F)C(=O)N3C2)c2ccc(OC)cc12. The molecule has 342 valence electrons. The Hall–Kier alpha value is -4.78. The van der Waals surface area contributed by atoms with Crippen LogP contribution in [0.5, 0.6) is 17.4 Å². The Morgan fingerprint density at radius 2 is 1.79 bits per heavy atom. The second-order valence-electron chi connectivity index (χ2n) is 18.1. The van der Waals surface area contributed by atoms with Crippen LogP contribution in [0.2, 0.25) is 0 Å². The lowest BCUT2D eigenvalue weighted by atomic mass is 9.88. The highest BCUT2D eigenvalue weighted by Crippen LogP contribution is 2.48. The van der Waals surface area contributed by atoms with Crippen LogP contribution in [0.4, 0.5) is 13.6 Å². The van der Waals surface area contributed by atoms with Crippen LogP contribution in [0.3, 0.4) is 0 Å². The first-order chi connectivity index (χ1) is 29.0. The third-order valence-corrected chi connectivity index (χ3v) is 14.9. The molecule has 6 rings (SSSR count). The number of benzene rings is 1. The van der Waals surface area contributed by atoms with Crippen molar-refractivity contribution in [3.8, 4) is 17.4 Å². The maximum atomic E-state index is 14.9. The zero-order valence-electron chi connectivity index (χ0n) is 36.5. The van der Waals surface area contributed by atoms with Gasteiger partial charge in [0, 0.05) is 37.1 Å². The van der Waals surface area contributed by atoms with Gasteiger partial charge in [-0.15, -0.1) is 0 Å². The number of halogens is 2. The maximum Gasteiger partial charge on any atom is 0.408 e. The van der Waals surface area contributed by atoms with E-state index in [0.717, 1.165) is 13.8 Å². The molecule has 16 nitrogen and oxygen atoms in total. The van der Waals surface area contributed by atoms with Crippen LogP contribution in [0, 0.1) is 17.8 Å². The summed E-state index contributed by atoms with van der Waals surface area (Å²) in [6.45, 7) is 8.40. The van der Waals surface area contributed by atoms with Crippen LogP contribution in [-0.2, 0) is 33.9 Å². The molecule has 3 fully saturated rings. The van der Waals surface area contributed by atoms with Gasteiger partial charge < -0.3 is 39.2 Å². The second kappa shape index (κ2) is 17.8. The van der Waals surface area contributed by atoms with Crippen LogP contribution >= 0.6 is 0 Å². The highest BCUT2D eigenvalue weighted by molar-refractivity contribution is 7.91. The van der Waals surface area contributed by atoms with Gasteiger partial charge in [-0.1, -0.05) is 26.0 Å². The topological polar surface area (TPSA) is 201 Å². The van der Waals surface area contributed by atoms with E-state index in [1.807, 2.05) is 19.1 Å². The largest absolute Gasteiger partial charge is 0.497 e. The number of nitrogens with one attached hydrogen (secondary N) is 3. The molecule has 2 aliphatic heterocycles. The molecule has 7 unspecified atom stereocenters. The normalized spacial score (nSPS) is 27.7. The summed E-state index contributed by atoms with van der Waals surface area (Å²) in [7, 11) is -1.00. The highest BCUT2D eigenvalue weighted by atomic mass is 32.2. The van der Waals surface area contributed by atoms with Gasteiger partial charge >= 0.3 is 6.09 Å². The van der Waals surface area contributed by atoms with Crippen molar-refractivity contribution in [1.82, 2.24) is 25.2 Å². The number of hydrogen-bond acceptors (Lipinski definition) is 12. The summed E-state index contributed by atoms with van der Waals surface area (Å²) < 4.78 is 84.8. The van der Waals surface area contributed by atoms with Crippen LogP contribution in [0.25, 0.3) is 10.8 Å². The first kappa shape index (κ1) is 46.7. The molecular weight excluding hydrogens is 833 g/mol. The Kier molecular flexibility index (Phi) is 13.4. The molecular formula is C43H59F2N5O11S. The number of pyridine rings is 1. The molecule has 1 aromatic heterocycles. The van der Waals surface area contributed by atoms with Crippen molar-refractivity contribution in [1.29, 1.82) is 0 Å². The summed E-state index contributed by atoms with van der Waals surface area (Å²) in [5.41, 5.74) is -3.87. The predicted octanol–water partition coefficient (Wildman–Crippen LogP) is 5.03. The molecule has 2 saturated carbocycles. The zero-order chi connectivity index (χ0) is 45.4. The number of fused-ring (bicyclic) bond motifs is 3. The molecule has 2 aliphatic carbocycles. The van der Waals surface area contributed by atoms with E-state index < -0.39 is 85.7 Å². The standard InChI is InChI=1S/C43H59F2N5O11S/c1-25-11-9-10-12-27-22-43(27,38(53)49-62(55,56)41(5)15-16-41)48-35(51)32-21-29(60-36-30-14-13-28(58-8)20-31(30)33(23-46-36)59-18-17-57-7)24-50(32)37(52)34(26(2)19-25)47-39(54)61-40(3,4)42(6,44)45/h10,12-14,20,23,25-27,29,32,34H,9,11,15-19,21-22,24H2,1-8H3,(H,47,54)(H,48,51)(H,49,53). The van der Waals surface area contributed by atoms with Crippen molar-refractivity contribution in [2.24, 2.45) is 17.8 Å². The summed E-state index contributed by atoms with van der Waals surface area (Å²) in [6.07, 6.45) is 5.50. The minimum Gasteiger partial charge on any atom is -0.497 e. The number of allylic oxidation sites excluding steroid dienone is 1. The summed E-state index contributed by atoms with van der Waals surface area (Å²) in [4.78, 5) is 62.7. The Morgan fingerprint density at radius 3 is 2.45 bits per heavy atom. The summed E-state index contributed by atoms with van der Waals surface area (Å²) in [5, 5.41) is 6.53. The van der Waals surface area contributed by atoms with E-state index in [9.17, 15) is 36.4 Å². The molecule has 0 spiro atoms. The third-order valence-electron chi connectivity index (χ3n) is 12.8. The molecule has 0 bridgehead atoms. The number of hydrogen-bond donors (Lipinski definition) is 3. The Morgan fingerprint density at radius 1 is 1.06 bits per heavy atom. The molecule has 3 heterocycles. The van der Waals surface area contributed by atoms with Gasteiger partial charge in [0.1, 0.15) is 41.8 Å². The lowest BCUT2D eigenvalue weighted by molar-refractivity contribution is -0.152. The smallest absolute Gasteiger partial charge is 0.408 e. The minimum absolute atomic E-state index is 0.00523. The van der Waals surface area contributed by atoms with Gasteiger partial charge in [0.15, 0.2) is 5.60 Å². The van der Waals surface area contributed by atoms with Gasteiger partial charge in [0.2, 0.25) is 27.7 Å². The fourth-order valence-electron chi connectivity index (χ4n) is 7.97. The molecule has 1 saturated heterocycles. The second-order valence-corrected chi connectivity index (χ2v) is 20.2.